The number of aromatic nitrogens is 4. The van der Waals surface area contributed by atoms with Crippen molar-refractivity contribution in [1.82, 2.24) is 24.4 Å². The van der Waals surface area contributed by atoms with Gasteiger partial charge in [-0.05, 0) is 43.2 Å². The van der Waals surface area contributed by atoms with Crippen LogP contribution in [0.5, 0.6) is 5.75 Å². The summed E-state index contributed by atoms with van der Waals surface area (Å²) >= 11 is 0. The van der Waals surface area contributed by atoms with Gasteiger partial charge in [0, 0.05) is 32.1 Å². The first kappa shape index (κ1) is 30.2. The molecule has 3 aromatic heterocycles. The molecule has 234 valence electrons. The Morgan fingerprint density at radius 1 is 0.978 bits per heavy atom. The maximum atomic E-state index is 16.2. The molecule has 1 aromatic carbocycles. The van der Waals surface area contributed by atoms with Crippen molar-refractivity contribution in [2.24, 2.45) is 0 Å². The molecule has 12 heteroatoms. The Morgan fingerprint density at radius 2 is 1.67 bits per heavy atom. The minimum absolute atomic E-state index is 0.0359. The number of rotatable bonds is 5. The Labute approximate surface area is 259 Å². The third-order valence-electron chi connectivity index (χ3n) is 8.49. The summed E-state index contributed by atoms with van der Waals surface area (Å²) in [6.45, 7) is 11.0. The molecule has 4 aromatic rings. The van der Waals surface area contributed by atoms with Gasteiger partial charge in [0.2, 0.25) is 0 Å². The minimum atomic E-state index is -0.892. The fourth-order valence-electron chi connectivity index (χ4n) is 6.42. The highest BCUT2D eigenvalue weighted by atomic mass is 19.1. The molecule has 0 unspecified atom stereocenters. The number of aromatic hydroxyl groups is 1. The number of piperazine rings is 1. The highest BCUT2D eigenvalue weighted by Crippen LogP contribution is 2.43. The lowest BCUT2D eigenvalue weighted by atomic mass is 9.99. The molecule has 1 atom stereocenters. The second kappa shape index (κ2) is 11.2. The van der Waals surface area contributed by atoms with Crippen molar-refractivity contribution in [3.8, 4) is 22.7 Å². The van der Waals surface area contributed by atoms with Gasteiger partial charge in [-0.2, -0.15) is 0 Å². The van der Waals surface area contributed by atoms with Crippen LogP contribution in [0.15, 0.2) is 47.7 Å². The highest BCUT2D eigenvalue weighted by Gasteiger charge is 2.43. The molecule has 0 saturated carbocycles. The van der Waals surface area contributed by atoms with Gasteiger partial charge < -0.3 is 19.8 Å². The van der Waals surface area contributed by atoms with E-state index in [0.717, 1.165) is 6.07 Å². The van der Waals surface area contributed by atoms with E-state index in [1.54, 1.807) is 7.05 Å². The lowest BCUT2D eigenvalue weighted by molar-refractivity contribution is -0.120. The Morgan fingerprint density at radius 3 is 2.29 bits per heavy atom. The Bertz CT molecular complexity index is 1890. The number of carbonyl (C=O) groups excluding carboxylic acids is 1. The predicted octanol–water partition coefficient (Wildman–Crippen LogP) is 5.07. The zero-order chi connectivity index (χ0) is 32.3. The number of hydrogen-bond donors (Lipinski definition) is 1. The molecule has 1 N–H and O–H groups in total. The number of pyridine rings is 2. The van der Waals surface area contributed by atoms with Crippen LogP contribution >= 0.6 is 0 Å². The molecule has 6 rings (SSSR count). The summed E-state index contributed by atoms with van der Waals surface area (Å²) in [6.07, 6.45) is 5.26. The first-order chi connectivity index (χ1) is 21.5. The first-order valence-electron chi connectivity index (χ1n) is 15.0. The van der Waals surface area contributed by atoms with Crippen molar-refractivity contribution >= 4 is 28.3 Å². The van der Waals surface area contributed by atoms with Gasteiger partial charge in [-0.1, -0.05) is 39.8 Å². The van der Waals surface area contributed by atoms with E-state index in [1.165, 1.54) is 34.0 Å². The van der Waals surface area contributed by atoms with Crippen LogP contribution < -0.4 is 15.4 Å². The predicted molar refractivity (Wildman–Crippen MR) is 169 cm³/mol. The fraction of sp³-hybridized carbons (Fsp3) is 0.364. The lowest BCUT2D eigenvalue weighted by Gasteiger charge is -2.47. The number of amides is 1. The number of benzene rings is 1. The average Bonchev–Trinajstić information content (AvgIpc) is 2.99. The van der Waals surface area contributed by atoms with Crippen LogP contribution in [0.1, 0.15) is 57.8 Å². The van der Waals surface area contributed by atoms with E-state index < -0.39 is 40.2 Å². The van der Waals surface area contributed by atoms with Crippen molar-refractivity contribution in [1.29, 1.82) is 0 Å². The first-order valence-corrected chi connectivity index (χ1v) is 15.0. The average molecular weight is 616 g/mol. The van der Waals surface area contributed by atoms with Gasteiger partial charge in [0.25, 0.3) is 11.5 Å². The Balaban J connectivity index is 1.79. The molecule has 45 heavy (non-hydrogen) atoms. The molecule has 0 aliphatic carbocycles. The highest BCUT2D eigenvalue weighted by molar-refractivity contribution is 6.11. The second-order valence-electron chi connectivity index (χ2n) is 12.0. The lowest BCUT2D eigenvalue weighted by Crippen LogP contribution is -2.62. The largest absolute Gasteiger partial charge is 0.507 e. The van der Waals surface area contributed by atoms with E-state index in [1.807, 2.05) is 56.7 Å². The maximum Gasteiger partial charge on any atom is 0.283 e. The molecule has 10 nitrogen and oxygen atoms in total. The van der Waals surface area contributed by atoms with Gasteiger partial charge in [0.1, 0.15) is 35.3 Å². The van der Waals surface area contributed by atoms with E-state index in [-0.39, 0.29) is 34.5 Å². The van der Waals surface area contributed by atoms with E-state index in [4.69, 9.17) is 0 Å². The summed E-state index contributed by atoms with van der Waals surface area (Å²) in [5.41, 5.74) is 0.553. The van der Waals surface area contributed by atoms with Crippen molar-refractivity contribution < 1.29 is 18.7 Å². The quantitative estimate of drug-likeness (QED) is 0.332. The molecule has 0 bridgehead atoms. The number of phenols is 1. The monoisotopic (exact) mass is 615 g/mol. The van der Waals surface area contributed by atoms with Crippen LogP contribution in [-0.4, -0.2) is 68.2 Å². The maximum absolute atomic E-state index is 16.2. The number of nitrogens with zero attached hydrogens (tertiary/aromatic N) is 7. The van der Waals surface area contributed by atoms with E-state index in [9.17, 15) is 14.7 Å². The number of allylic oxidation sites excluding steroid dienone is 1. The number of halogens is 2. The number of carbonyl (C=O) groups is 1. The van der Waals surface area contributed by atoms with Crippen molar-refractivity contribution in [3.05, 3.63) is 76.2 Å². The standard InChI is InChI=1S/C33H35F2N7O3/c1-7-11-40-12-13-41-22(15-40)32(44)39(6)30-28(41)19-14-21(35)27(24-20(34)9-8-10-23(24)43)38-31(19)42(33(30)45)29-25(17(2)3)36-16-37-26(29)18(4)5/h7-11,14,16-18,22,43H,12-13,15H2,1-6H3/t22-/m1/s1. The molecule has 0 spiro atoms. The molecular formula is C33H35F2N7O3. The summed E-state index contributed by atoms with van der Waals surface area (Å²) in [7, 11) is 1.55. The summed E-state index contributed by atoms with van der Waals surface area (Å²) < 4.78 is 32.6. The fourth-order valence-corrected chi connectivity index (χ4v) is 6.42. The Hall–Kier alpha value is -4.87. The summed E-state index contributed by atoms with van der Waals surface area (Å²) in [5.74, 6) is -2.83. The SMILES string of the molecule is CC=CN1CCN2c3c(c(=O)n(-c4c(C(C)C)ncnc4C(C)C)c4nc(-c5c(O)cccc5F)c(F)cc34)N(C)C(=O)[C@H]2C1. The second-order valence-corrected chi connectivity index (χ2v) is 12.0. The van der Waals surface area contributed by atoms with Crippen LogP contribution in [0.4, 0.5) is 20.2 Å². The zero-order valence-corrected chi connectivity index (χ0v) is 26.0. The topological polar surface area (TPSA) is 108 Å². The molecule has 0 radical (unpaired) electrons. The van der Waals surface area contributed by atoms with Gasteiger partial charge in [0.05, 0.1) is 28.3 Å². The normalized spacial score (nSPS) is 16.8. The van der Waals surface area contributed by atoms with E-state index in [0.29, 0.717) is 42.4 Å². The van der Waals surface area contributed by atoms with Crippen molar-refractivity contribution in [3.63, 3.8) is 0 Å². The van der Waals surface area contributed by atoms with Gasteiger partial charge in [0.15, 0.2) is 11.5 Å². The molecule has 1 amide bonds. The van der Waals surface area contributed by atoms with Gasteiger partial charge in [-0.15, -0.1) is 0 Å². The summed E-state index contributed by atoms with van der Waals surface area (Å²) in [6, 6.07) is 4.24. The number of hydrogen-bond acceptors (Lipinski definition) is 8. The van der Waals surface area contributed by atoms with Crippen LogP contribution in [-0.2, 0) is 4.79 Å². The van der Waals surface area contributed by atoms with E-state index in [2.05, 4.69) is 15.0 Å². The summed E-state index contributed by atoms with van der Waals surface area (Å²) in [5, 5.41) is 10.9. The van der Waals surface area contributed by atoms with Crippen molar-refractivity contribution in [2.75, 3.05) is 36.5 Å². The molecule has 1 saturated heterocycles. The molecule has 2 aliphatic rings. The number of anilines is 2. The third-order valence-corrected chi connectivity index (χ3v) is 8.49. The minimum Gasteiger partial charge on any atom is -0.507 e. The molecule has 5 heterocycles. The zero-order valence-electron chi connectivity index (χ0n) is 26.0. The smallest absolute Gasteiger partial charge is 0.283 e. The van der Waals surface area contributed by atoms with Gasteiger partial charge in [-0.3, -0.25) is 14.2 Å². The number of phenolic OH excluding ortho intramolecular Hbond substituents is 1. The Kier molecular flexibility index (Phi) is 7.54. The van der Waals surface area contributed by atoms with Gasteiger partial charge >= 0.3 is 0 Å². The van der Waals surface area contributed by atoms with Crippen molar-refractivity contribution in [2.45, 2.75) is 52.5 Å². The van der Waals surface area contributed by atoms with Crippen LogP contribution in [0.2, 0.25) is 0 Å². The third kappa shape index (κ3) is 4.70. The van der Waals surface area contributed by atoms with E-state index >= 15 is 8.78 Å². The van der Waals surface area contributed by atoms with Crippen LogP contribution in [0.3, 0.4) is 0 Å². The molecular weight excluding hydrogens is 580 g/mol. The number of likely N-dealkylation sites (N-methyl/N-ethyl adjacent to an activating group) is 1. The number of fused-ring (bicyclic) bond motifs is 5. The molecule has 2 aliphatic heterocycles. The summed E-state index contributed by atoms with van der Waals surface area (Å²) in [4.78, 5) is 47.6. The van der Waals surface area contributed by atoms with Gasteiger partial charge in [-0.25, -0.2) is 23.7 Å². The van der Waals surface area contributed by atoms with Crippen LogP contribution in [0, 0.1) is 11.6 Å². The molecule has 1 fully saturated rings. The van der Waals surface area contributed by atoms with Crippen LogP contribution in [0.25, 0.3) is 28.0 Å².